The Bertz CT molecular complexity index is 1340. The lowest BCUT2D eigenvalue weighted by molar-refractivity contribution is -0.154. The van der Waals surface area contributed by atoms with Gasteiger partial charge in [0.1, 0.15) is 6.21 Å². The molecule has 1 aliphatic heterocycles. The Balaban J connectivity index is 0.000000183. The molecule has 0 atom stereocenters. The molecule has 2 amide bonds. The smallest absolute Gasteiger partial charge is 0.316 e. The Kier molecular flexibility index (Phi) is 7.80. The van der Waals surface area contributed by atoms with Gasteiger partial charge in [0.25, 0.3) is 17.6 Å². The van der Waals surface area contributed by atoms with Gasteiger partial charge in [-0.2, -0.15) is 0 Å². The van der Waals surface area contributed by atoms with E-state index in [1.54, 1.807) is 37.3 Å². The Morgan fingerprint density at radius 3 is 2.13 bits per heavy atom. The van der Waals surface area contributed by atoms with Crippen LogP contribution in [0.1, 0.15) is 66.9 Å². The minimum absolute atomic E-state index is 0.180. The maximum Gasteiger partial charge on any atom is 0.316 e. The average Bonchev–Trinajstić information content (AvgIpc) is 3.12. The summed E-state index contributed by atoms with van der Waals surface area (Å²) in [6.07, 6.45) is 5.38. The number of rotatable bonds is 7. The fourth-order valence-electron chi connectivity index (χ4n) is 5.11. The third-order valence-corrected chi connectivity index (χ3v) is 7.64. The van der Waals surface area contributed by atoms with Gasteiger partial charge < -0.3 is 25.7 Å². The number of carbonyl (C=O) groups excluding carboxylic acids is 4. The van der Waals surface area contributed by atoms with Crippen molar-refractivity contribution in [2.24, 2.45) is 5.16 Å². The molecule has 0 saturated heterocycles. The van der Waals surface area contributed by atoms with Crippen LogP contribution in [0.2, 0.25) is 0 Å². The zero-order valence-electron chi connectivity index (χ0n) is 21.4. The summed E-state index contributed by atoms with van der Waals surface area (Å²) in [7, 11) is 0. The number of carboxylic acids is 1. The highest BCUT2D eigenvalue weighted by Gasteiger charge is 2.47. The second kappa shape index (κ2) is 11.1. The van der Waals surface area contributed by atoms with Gasteiger partial charge in [-0.05, 0) is 68.0 Å². The predicted octanol–water partition coefficient (Wildman–Crippen LogP) is 3.40. The number of anilines is 2. The van der Waals surface area contributed by atoms with Crippen LogP contribution in [0.25, 0.3) is 0 Å². The van der Waals surface area contributed by atoms with Crippen LogP contribution in [-0.4, -0.2) is 52.7 Å². The first-order valence-corrected chi connectivity index (χ1v) is 12.7. The van der Waals surface area contributed by atoms with Crippen molar-refractivity contribution >= 4 is 47.1 Å². The molecule has 2 aromatic carbocycles. The topological polar surface area (TPSA) is 171 Å². The molecule has 2 aromatic rings. The van der Waals surface area contributed by atoms with E-state index < -0.39 is 34.4 Å². The quantitative estimate of drug-likeness (QED) is 0.137. The highest BCUT2D eigenvalue weighted by atomic mass is 16.5. The number of carbonyl (C=O) groups is 5. The molecule has 11 nitrogen and oxygen atoms in total. The predicted molar refractivity (Wildman–Crippen MR) is 140 cm³/mol. The summed E-state index contributed by atoms with van der Waals surface area (Å²) in [5.74, 6) is -2.81. The lowest BCUT2D eigenvalue weighted by Gasteiger charge is -2.39. The van der Waals surface area contributed by atoms with Gasteiger partial charge in [-0.1, -0.05) is 36.2 Å². The summed E-state index contributed by atoms with van der Waals surface area (Å²) < 4.78 is 5.18. The highest BCUT2D eigenvalue weighted by molar-refractivity contribution is 6.51. The van der Waals surface area contributed by atoms with Gasteiger partial charge in [0.2, 0.25) is 0 Å². The second-order valence-electron chi connectivity index (χ2n) is 9.75. The Morgan fingerprint density at radius 1 is 1.00 bits per heavy atom. The van der Waals surface area contributed by atoms with Crippen molar-refractivity contribution in [3.63, 3.8) is 0 Å². The molecule has 2 fully saturated rings. The summed E-state index contributed by atoms with van der Waals surface area (Å²) >= 11 is 0. The minimum Gasteiger partial charge on any atom is -0.481 e. The van der Waals surface area contributed by atoms with Crippen molar-refractivity contribution < 1.29 is 39.0 Å². The maximum absolute atomic E-state index is 12.2. The van der Waals surface area contributed by atoms with Crippen LogP contribution < -0.4 is 10.6 Å². The van der Waals surface area contributed by atoms with Crippen molar-refractivity contribution in [3.8, 4) is 0 Å². The van der Waals surface area contributed by atoms with Crippen LogP contribution in [0, 0.1) is 0 Å². The highest BCUT2D eigenvalue weighted by Crippen LogP contribution is 2.46. The summed E-state index contributed by atoms with van der Waals surface area (Å²) in [6, 6.07) is 11.9. The van der Waals surface area contributed by atoms with E-state index in [2.05, 4.69) is 15.8 Å². The molecule has 4 N–H and O–H groups in total. The van der Waals surface area contributed by atoms with Gasteiger partial charge >= 0.3 is 11.9 Å². The minimum atomic E-state index is -0.874. The van der Waals surface area contributed by atoms with E-state index in [4.69, 9.17) is 9.94 Å². The number of hydrogen-bond donors (Lipinski definition) is 4. The molecule has 0 aromatic heterocycles. The standard InChI is InChI=1S/C15H18N2O4.C13H11NO4/c1-2-21-14(19)15(8-3-9-15)11-4-6-12(7-5-11)17-13(18)10-16-20;15-10-8-6-7(2-3-9(8)14-11(10)16)13(12(17)18)4-1-5-13/h4-7,10,20H,2-3,8-9H2,1H3,(H,17,18);2-3,6H,1,4-5H2,(H,17,18)(H,14,15,16)/b16-10+;. The molecule has 204 valence electrons. The van der Waals surface area contributed by atoms with E-state index in [-0.39, 0.29) is 11.5 Å². The molecule has 2 saturated carbocycles. The second-order valence-corrected chi connectivity index (χ2v) is 9.75. The van der Waals surface area contributed by atoms with Crippen molar-refractivity contribution in [2.75, 3.05) is 17.2 Å². The van der Waals surface area contributed by atoms with E-state index in [0.29, 0.717) is 36.4 Å². The monoisotopic (exact) mass is 535 g/mol. The van der Waals surface area contributed by atoms with E-state index in [1.165, 1.54) is 0 Å². The van der Waals surface area contributed by atoms with Crippen LogP contribution in [0.15, 0.2) is 47.6 Å². The molecule has 1 heterocycles. The molecule has 0 bridgehead atoms. The van der Waals surface area contributed by atoms with E-state index in [1.807, 2.05) is 12.1 Å². The fraction of sp³-hybridized carbons (Fsp3) is 0.357. The van der Waals surface area contributed by atoms with Crippen molar-refractivity contribution in [1.29, 1.82) is 0 Å². The zero-order valence-corrected chi connectivity index (χ0v) is 21.4. The molecule has 3 aliphatic rings. The molecule has 0 spiro atoms. The Morgan fingerprint density at radius 2 is 1.62 bits per heavy atom. The molecular formula is C28H29N3O8. The van der Waals surface area contributed by atoms with Gasteiger partial charge in [-0.25, -0.2) is 0 Å². The lowest BCUT2D eigenvalue weighted by Crippen LogP contribution is -2.43. The number of ether oxygens (including phenoxy) is 1. The number of aliphatic carboxylic acids is 1. The van der Waals surface area contributed by atoms with Gasteiger partial charge in [-0.3, -0.25) is 24.0 Å². The van der Waals surface area contributed by atoms with E-state index >= 15 is 0 Å². The van der Waals surface area contributed by atoms with Gasteiger partial charge in [0.15, 0.2) is 0 Å². The fourth-order valence-corrected chi connectivity index (χ4v) is 5.11. The van der Waals surface area contributed by atoms with Crippen molar-refractivity contribution in [2.45, 2.75) is 56.3 Å². The lowest BCUT2D eigenvalue weighted by atomic mass is 9.64. The number of oxime groups is 1. The SMILES string of the molecule is CCOC(=O)C1(c2ccc(NC(=O)/C=N/O)cc2)CCC1.O=C1Nc2ccc(C3(C(=O)O)CCC3)cc2C1=O. The number of nitrogens with one attached hydrogen (secondary N) is 2. The first-order valence-electron chi connectivity index (χ1n) is 12.7. The van der Waals surface area contributed by atoms with Gasteiger partial charge in [0, 0.05) is 5.69 Å². The number of benzene rings is 2. The van der Waals surface area contributed by atoms with E-state index in [0.717, 1.165) is 37.5 Å². The Hall–Kier alpha value is -4.54. The van der Waals surface area contributed by atoms with Crippen LogP contribution in [0.4, 0.5) is 11.4 Å². The number of amides is 2. The average molecular weight is 536 g/mol. The largest absolute Gasteiger partial charge is 0.481 e. The molecule has 5 rings (SSSR count). The van der Waals surface area contributed by atoms with Crippen LogP contribution in [0.3, 0.4) is 0 Å². The number of hydrogen-bond acceptors (Lipinski definition) is 8. The van der Waals surface area contributed by atoms with Crippen LogP contribution >= 0.6 is 0 Å². The summed E-state index contributed by atoms with van der Waals surface area (Å²) in [6.45, 7) is 2.17. The summed E-state index contributed by atoms with van der Waals surface area (Å²) in [4.78, 5) is 57.6. The zero-order chi connectivity index (χ0) is 28.2. The summed E-state index contributed by atoms with van der Waals surface area (Å²) in [5.41, 5.74) is 1.43. The first-order chi connectivity index (χ1) is 18.7. The number of carboxylic acid groups (broad SMARTS) is 1. The molecule has 0 unspecified atom stereocenters. The van der Waals surface area contributed by atoms with Crippen molar-refractivity contribution in [3.05, 3.63) is 59.2 Å². The maximum atomic E-state index is 12.2. The third-order valence-electron chi connectivity index (χ3n) is 7.64. The molecular weight excluding hydrogens is 506 g/mol. The van der Waals surface area contributed by atoms with Crippen molar-refractivity contribution in [1.82, 2.24) is 0 Å². The first kappa shape index (κ1) is 27.5. The Labute approximate surface area is 224 Å². The van der Waals surface area contributed by atoms with E-state index in [9.17, 15) is 29.1 Å². The summed E-state index contributed by atoms with van der Waals surface area (Å²) in [5, 5.41) is 25.3. The number of nitrogens with zero attached hydrogens (tertiary/aromatic N) is 1. The molecule has 2 aliphatic carbocycles. The van der Waals surface area contributed by atoms with Crippen LogP contribution in [0.5, 0.6) is 0 Å². The molecule has 39 heavy (non-hydrogen) atoms. The van der Waals surface area contributed by atoms with Crippen LogP contribution in [-0.2, 0) is 34.7 Å². The third kappa shape index (κ3) is 5.12. The van der Waals surface area contributed by atoms with Gasteiger partial charge in [0.05, 0.1) is 28.7 Å². The van der Waals surface area contributed by atoms with Gasteiger partial charge in [-0.15, -0.1) is 0 Å². The molecule has 0 radical (unpaired) electrons. The normalized spacial score (nSPS) is 18.0. The number of ketones is 1. The number of esters is 1. The number of fused-ring (bicyclic) bond motifs is 1. The number of Topliss-reactive ketones (excluding diaryl/α,β-unsaturated/α-hetero) is 1. The molecule has 11 heteroatoms.